The lowest BCUT2D eigenvalue weighted by Crippen LogP contribution is -2.39. The van der Waals surface area contributed by atoms with Crippen LogP contribution in [0.5, 0.6) is 0 Å². The summed E-state index contributed by atoms with van der Waals surface area (Å²) in [6, 6.07) is 6.09. The summed E-state index contributed by atoms with van der Waals surface area (Å²) < 4.78 is 0. The molecule has 0 aliphatic carbocycles. The molecule has 1 aromatic carbocycles. The van der Waals surface area contributed by atoms with Crippen molar-refractivity contribution in [2.75, 3.05) is 0 Å². The van der Waals surface area contributed by atoms with Crippen molar-refractivity contribution in [3.05, 3.63) is 34.9 Å². The smallest absolute Gasteiger partial charge is 0.121 e. The van der Waals surface area contributed by atoms with Crippen LogP contribution in [-0.4, -0.2) is 0 Å². The number of aryl methyl sites for hydroxylation is 1. The second-order valence-corrected chi connectivity index (χ2v) is 4.02. The van der Waals surface area contributed by atoms with E-state index in [1.807, 2.05) is 19.1 Å². The lowest BCUT2D eigenvalue weighted by molar-refractivity contribution is 0.469. The van der Waals surface area contributed by atoms with Gasteiger partial charge < -0.3 is 0 Å². The molecule has 2 N–H and O–H groups in total. The van der Waals surface area contributed by atoms with Gasteiger partial charge in [0.25, 0.3) is 0 Å². The Labute approximate surface area is 87.2 Å². The SMILES string of the molecule is Cc1ccc2c(c1)C(Cl)NNC2Cl. The summed E-state index contributed by atoms with van der Waals surface area (Å²) in [5.41, 5.74) is 8.68. The van der Waals surface area contributed by atoms with Crippen LogP contribution >= 0.6 is 23.2 Å². The molecule has 0 bridgehead atoms. The van der Waals surface area contributed by atoms with E-state index in [1.165, 1.54) is 5.56 Å². The molecule has 4 heteroatoms. The first-order chi connectivity index (χ1) is 6.18. The molecule has 0 aromatic heterocycles. The monoisotopic (exact) mass is 216 g/mol. The van der Waals surface area contributed by atoms with E-state index >= 15 is 0 Å². The van der Waals surface area contributed by atoms with Gasteiger partial charge in [-0.1, -0.05) is 47.0 Å². The minimum absolute atomic E-state index is 0.203. The third-order valence-electron chi connectivity index (χ3n) is 2.13. The fourth-order valence-electron chi connectivity index (χ4n) is 1.45. The van der Waals surface area contributed by atoms with Crippen LogP contribution in [0.1, 0.15) is 27.7 Å². The Kier molecular flexibility index (Phi) is 2.47. The molecule has 13 heavy (non-hydrogen) atoms. The van der Waals surface area contributed by atoms with E-state index < -0.39 is 0 Å². The average Bonchev–Trinajstić information content (AvgIpc) is 2.12. The number of rotatable bonds is 0. The maximum Gasteiger partial charge on any atom is 0.121 e. The molecule has 1 aliphatic heterocycles. The lowest BCUT2D eigenvalue weighted by atomic mass is 10.0. The standard InChI is InChI=1S/C9H10Cl2N2/c1-5-2-3-6-7(4-5)9(11)13-12-8(6)10/h2-4,8-9,12-13H,1H3. The van der Waals surface area contributed by atoms with Crippen LogP contribution in [0, 0.1) is 6.92 Å². The average molecular weight is 217 g/mol. The molecule has 0 fully saturated rings. The Bertz CT molecular complexity index is 327. The molecule has 0 spiro atoms. The molecule has 1 aliphatic rings. The second kappa shape index (κ2) is 3.46. The Morgan fingerprint density at radius 1 is 1.08 bits per heavy atom. The van der Waals surface area contributed by atoms with Crippen LogP contribution in [0.4, 0.5) is 0 Å². The minimum Gasteiger partial charge on any atom is -0.234 e. The normalized spacial score (nSPS) is 27.0. The van der Waals surface area contributed by atoms with E-state index in [2.05, 4.69) is 16.9 Å². The highest BCUT2D eigenvalue weighted by Crippen LogP contribution is 2.32. The molecule has 0 radical (unpaired) electrons. The molecule has 1 heterocycles. The van der Waals surface area contributed by atoms with Gasteiger partial charge in [-0.2, -0.15) is 0 Å². The molecule has 2 nitrogen and oxygen atoms in total. The van der Waals surface area contributed by atoms with Gasteiger partial charge in [0.15, 0.2) is 0 Å². The van der Waals surface area contributed by atoms with Crippen molar-refractivity contribution < 1.29 is 0 Å². The van der Waals surface area contributed by atoms with Gasteiger partial charge in [0.1, 0.15) is 11.0 Å². The molecule has 0 amide bonds. The molecule has 70 valence electrons. The van der Waals surface area contributed by atoms with Crippen LogP contribution in [0.25, 0.3) is 0 Å². The fourth-order valence-corrected chi connectivity index (χ4v) is 1.96. The van der Waals surface area contributed by atoms with E-state index in [1.54, 1.807) is 0 Å². The highest BCUT2D eigenvalue weighted by atomic mass is 35.5. The van der Waals surface area contributed by atoms with E-state index in [9.17, 15) is 0 Å². The van der Waals surface area contributed by atoms with Crippen LogP contribution in [0.15, 0.2) is 18.2 Å². The summed E-state index contributed by atoms with van der Waals surface area (Å²) in [6.45, 7) is 2.04. The maximum atomic E-state index is 6.05. The first kappa shape index (κ1) is 9.28. The number of hydrazine groups is 1. The predicted octanol–water partition coefficient (Wildman–Crippen LogP) is 2.58. The van der Waals surface area contributed by atoms with Crippen molar-refractivity contribution in [1.29, 1.82) is 0 Å². The molecule has 1 aromatic rings. The van der Waals surface area contributed by atoms with Gasteiger partial charge in [-0.25, -0.2) is 10.9 Å². The molecule has 2 atom stereocenters. The largest absolute Gasteiger partial charge is 0.234 e. The van der Waals surface area contributed by atoms with Gasteiger partial charge in [0, 0.05) is 0 Å². The van der Waals surface area contributed by atoms with Crippen molar-refractivity contribution in [2.45, 2.75) is 17.9 Å². The fraction of sp³-hybridized carbons (Fsp3) is 0.333. The molecular weight excluding hydrogens is 207 g/mol. The topological polar surface area (TPSA) is 24.1 Å². The van der Waals surface area contributed by atoms with Crippen molar-refractivity contribution in [3.63, 3.8) is 0 Å². The van der Waals surface area contributed by atoms with Crippen LogP contribution in [0.3, 0.4) is 0 Å². The zero-order valence-corrected chi connectivity index (χ0v) is 8.65. The Hall–Kier alpha value is -0.280. The number of hydrogen-bond acceptors (Lipinski definition) is 2. The van der Waals surface area contributed by atoms with Crippen molar-refractivity contribution in [2.24, 2.45) is 0 Å². The highest BCUT2D eigenvalue weighted by Gasteiger charge is 2.23. The van der Waals surface area contributed by atoms with Crippen molar-refractivity contribution in [1.82, 2.24) is 10.9 Å². The summed E-state index contributed by atoms with van der Waals surface area (Å²) in [5.74, 6) is 0. The summed E-state index contributed by atoms with van der Waals surface area (Å²) >= 11 is 12.1. The lowest BCUT2D eigenvalue weighted by Gasteiger charge is -2.27. The number of benzene rings is 1. The van der Waals surface area contributed by atoms with Gasteiger partial charge in [0.2, 0.25) is 0 Å². The van der Waals surface area contributed by atoms with Crippen LogP contribution < -0.4 is 10.9 Å². The van der Waals surface area contributed by atoms with E-state index in [0.717, 1.165) is 11.1 Å². The molecular formula is C9H10Cl2N2. The van der Waals surface area contributed by atoms with E-state index in [-0.39, 0.29) is 11.0 Å². The first-order valence-corrected chi connectivity index (χ1v) is 4.95. The first-order valence-electron chi connectivity index (χ1n) is 4.08. The minimum atomic E-state index is -0.204. The second-order valence-electron chi connectivity index (χ2n) is 3.15. The zero-order chi connectivity index (χ0) is 9.42. The van der Waals surface area contributed by atoms with Gasteiger partial charge in [-0.15, -0.1) is 0 Å². The summed E-state index contributed by atoms with van der Waals surface area (Å²) in [6.07, 6.45) is 0. The number of halogens is 2. The number of alkyl halides is 2. The number of fused-ring (bicyclic) bond motifs is 1. The van der Waals surface area contributed by atoms with E-state index in [4.69, 9.17) is 23.2 Å². The molecule has 0 saturated heterocycles. The Balaban J connectivity index is 2.50. The Morgan fingerprint density at radius 3 is 2.38 bits per heavy atom. The summed E-state index contributed by atoms with van der Waals surface area (Å²) in [7, 11) is 0. The van der Waals surface area contributed by atoms with Crippen molar-refractivity contribution >= 4 is 23.2 Å². The van der Waals surface area contributed by atoms with Crippen LogP contribution in [-0.2, 0) is 0 Å². The van der Waals surface area contributed by atoms with Crippen molar-refractivity contribution in [3.8, 4) is 0 Å². The number of hydrogen-bond donors (Lipinski definition) is 2. The van der Waals surface area contributed by atoms with Gasteiger partial charge >= 0.3 is 0 Å². The third kappa shape index (κ3) is 1.67. The highest BCUT2D eigenvalue weighted by molar-refractivity contribution is 6.23. The van der Waals surface area contributed by atoms with E-state index in [0.29, 0.717) is 0 Å². The van der Waals surface area contributed by atoms with Gasteiger partial charge in [0.05, 0.1) is 0 Å². The summed E-state index contributed by atoms with van der Waals surface area (Å²) in [5, 5.41) is 0. The quantitative estimate of drug-likeness (QED) is 0.515. The summed E-state index contributed by atoms with van der Waals surface area (Å²) in [4.78, 5) is 0. The molecule has 2 rings (SSSR count). The Morgan fingerprint density at radius 2 is 1.69 bits per heavy atom. The maximum absolute atomic E-state index is 6.05. The third-order valence-corrected chi connectivity index (χ3v) is 2.81. The molecule has 2 unspecified atom stereocenters. The zero-order valence-electron chi connectivity index (χ0n) is 7.14. The molecule has 0 saturated carbocycles. The number of nitrogens with one attached hydrogen (secondary N) is 2. The predicted molar refractivity (Wildman–Crippen MR) is 54.6 cm³/mol. The van der Waals surface area contributed by atoms with Gasteiger partial charge in [-0.05, 0) is 18.1 Å². The van der Waals surface area contributed by atoms with Crippen LogP contribution in [0.2, 0.25) is 0 Å². The van der Waals surface area contributed by atoms with Gasteiger partial charge in [-0.3, -0.25) is 0 Å².